The van der Waals surface area contributed by atoms with Crippen LogP contribution in [0, 0.1) is 17.1 Å². The lowest BCUT2D eigenvalue weighted by Gasteiger charge is -1.98. The van der Waals surface area contributed by atoms with Gasteiger partial charge in [-0.05, 0) is 12.1 Å². The summed E-state index contributed by atoms with van der Waals surface area (Å²) in [6, 6.07) is 6.20. The topological polar surface area (TPSA) is 52.5 Å². The molecule has 0 bridgehead atoms. The molecule has 0 aliphatic carbocycles. The molecule has 14 heavy (non-hydrogen) atoms. The third kappa shape index (κ3) is 1.36. The molecule has 0 radical (unpaired) electrons. The summed E-state index contributed by atoms with van der Waals surface area (Å²) in [6.45, 7) is 0. The van der Waals surface area contributed by atoms with Crippen molar-refractivity contribution in [3.8, 4) is 17.3 Å². The molecule has 0 atom stereocenters. The van der Waals surface area contributed by atoms with Crippen molar-refractivity contribution in [1.29, 1.82) is 5.26 Å². The van der Waals surface area contributed by atoms with Crippen LogP contribution in [-0.2, 0) is 0 Å². The van der Waals surface area contributed by atoms with Crippen LogP contribution < -0.4 is 0 Å². The van der Waals surface area contributed by atoms with Crippen molar-refractivity contribution in [3.63, 3.8) is 0 Å². The number of nitriles is 1. The Labute approximate surface area is 79.8 Å². The molecule has 1 aromatic carbocycles. The maximum atomic E-state index is 13.2. The van der Waals surface area contributed by atoms with Crippen LogP contribution in [0.25, 0.3) is 11.3 Å². The number of hydrogen-bond donors (Lipinski definition) is 1. The average molecular weight is 187 g/mol. The molecule has 0 aliphatic rings. The molecule has 0 amide bonds. The zero-order chi connectivity index (χ0) is 9.97. The number of halogens is 1. The van der Waals surface area contributed by atoms with Crippen LogP contribution in [0.15, 0.2) is 30.7 Å². The molecule has 2 rings (SSSR count). The molecule has 0 spiro atoms. The highest BCUT2D eigenvalue weighted by Crippen LogP contribution is 2.18. The number of benzene rings is 1. The first-order valence-corrected chi connectivity index (χ1v) is 3.99. The van der Waals surface area contributed by atoms with Crippen LogP contribution in [0.1, 0.15) is 5.56 Å². The minimum atomic E-state index is -0.514. The number of rotatable bonds is 1. The lowest BCUT2D eigenvalue weighted by molar-refractivity contribution is 0.624. The number of hydrogen-bond acceptors (Lipinski definition) is 2. The summed E-state index contributed by atoms with van der Waals surface area (Å²) in [5.74, 6) is -0.514. The van der Waals surface area contributed by atoms with Gasteiger partial charge in [-0.25, -0.2) is 9.37 Å². The van der Waals surface area contributed by atoms with Crippen LogP contribution in [0.3, 0.4) is 0 Å². The molecule has 68 valence electrons. The third-order valence-corrected chi connectivity index (χ3v) is 1.90. The Kier molecular flexibility index (Phi) is 1.99. The van der Waals surface area contributed by atoms with Crippen LogP contribution in [0.2, 0.25) is 0 Å². The zero-order valence-corrected chi connectivity index (χ0v) is 7.16. The first kappa shape index (κ1) is 8.45. The second-order valence-corrected chi connectivity index (χ2v) is 2.77. The number of aromatic amines is 1. The van der Waals surface area contributed by atoms with Gasteiger partial charge < -0.3 is 4.98 Å². The minimum Gasteiger partial charge on any atom is -0.345 e. The van der Waals surface area contributed by atoms with Gasteiger partial charge in [-0.3, -0.25) is 0 Å². The van der Waals surface area contributed by atoms with E-state index in [1.807, 2.05) is 0 Å². The van der Waals surface area contributed by atoms with E-state index in [-0.39, 0.29) is 5.56 Å². The highest BCUT2D eigenvalue weighted by molar-refractivity contribution is 5.59. The summed E-state index contributed by atoms with van der Waals surface area (Å²) >= 11 is 0. The van der Waals surface area contributed by atoms with E-state index in [1.54, 1.807) is 18.3 Å². The molecule has 0 unspecified atom stereocenters. The Morgan fingerprint density at radius 2 is 2.29 bits per heavy atom. The van der Waals surface area contributed by atoms with Crippen molar-refractivity contribution in [2.45, 2.75) is 0 Å². The van der Waals surface area contributed by atoms with Crippen LogP contribution in [-0.4, -0.2) is 9.97 Å². The van der Waals surface area contributed by atoms with Crippen LogP contribution in [0.4, 0.5) is 4.39 Å². The van der Waals surface area contributed by atoms with Gasteiger partial charge >= 0.3 is 0 Å². The van der Waals surface area contributed by atoms with Gasteiger partial charge in [0.2, 0.25) is 0 Å². The third-order valence-electron chi connectivity index (χ3n) is 1.90. The van der Waals surface area contributed by atoms with E-state index in [4.69, 9.17) is 5.26 Å². The lowest BCUT2D eigenvalue weighted by atomic mass is 10.1. The second-order valence-electron chi connectivity index (χ2n) is 2.77. The monoisotopic (exact) mass is 187 g/mol. The van der Waals surface area contributed by atoms with E-state index in [0.29, 0.717) is 5.56 Å². The van der Waals surface area contributed by atoms with Crippen molar-refractivity contribution >= 4 is 0 Å². The van der Waals surface area contributed by atoms with Gasteiger partial charge in [0.15, 0.2) is 0 Å². The first-order chi connectivity index (χ1) is 6.81. The Bertz CT molecular complexity index is 483. The number of aromatic nitrogens is 2. The molecular weight excluding hydrogens is 181 g/mol. The highest BCUT2D eigenvalue weighted by atomic mass is 19.1. The number of imidazole rings is 1. The van der Waals surface area contributed by atoms with Crippen molar-refractivity contribution < 1.29 is 4.39 Å². The van der Waals surface area contributed by atoms with Gasteiger partial charge in [0.1, 0.15) is 11.9 Å². The Hall–Kier alpha value is -2.15. The molecule has 1 N–H and O–H groups in total. The summed E-state index contributed by atoms with van der Waals surface area (Å²) in [6.07, 6.45) is 3.12. The number of nitrogens with one attached hydrogen (secondary N) is 1. The van der Waals surface area contributed by atoms with E-state index in [1.165, 1.54) is 18.5 Å². The zero-order valence-electron chi connectivity index (χ0n) is 7.16. The van der Waals surface area contributed by atoms with Crippen LogP contribution in [0.5, 0.6) is 0 Å². The normalized spacial score (nSPS) is 9.71. The molecule has 1 aromatic heterocycles. The van der Waals surface area contributed by atoms with Crippen LogP contribution >= 0.6 is 0 Å². The molecule has 0 aliphatic heterocycles. The van der Waals surface area contributed by atoms with Crippen molar-refractivity contribution in [1.82, 2.24) is 9.97 Å². The summed E-state index contributed by atoms with van der Waals surface area (Å²) in [4.78, 5) is 6.69. The lowest BCUT2D eigenvalue weighted by Crippen LogP contribution is -1.85. The van der Waals surface area contributed by atoms with E-state index in [0.717, 1.165) is 5.69 Å². The SMILES string of the molecule is N#Cc1ccc(-c2cnc[nH]2)cc1F. The number of H-pyrrole nitrogens is 1. The Morgan fingerprint density at radius 3 is 2.86 bits per heavy atom. The summed E-state index contributed by atoms with van der Waals surface area (Å²) in [7, 11) is 0. The standard InChI is InChI=1S/C10H6FN3/c11-9-3-7(1-2-8(9)4-12)10-5-13-6-14-10/h1-3,5-6H,(H,13,14). The predicted molar refractivity (Wildman–Crippen MR) is 48.7 cm³/mol. The maximum Gasteiger partial charge on any atom is 0.141 e. The molecule has 1 heterocycles. The Balaban J connectivity index is 2.49. The van der Waals surface area contributed by atoms with E-state index >= 15 is 0 Å². The van der Waals surface area contributed by atoms with Gasteiger partial charge in [-0.1, -0.05) is 6.07 Å². The molecule has 0 fully saturated rings. The molecule has 0 saturated carbocycles. The van der Waals surface area contributed by atoms with Crippen molar-refractivity contribution in [3.05, 3.63) is 42.1 Å². The van der Waals surface area contributed by atoms with Crippen molar-refractivity contribution in [2.24, 2.45) is 0 Å². The quantitative estimate of drug-likeness (QED) is 0.743. The van der Waals surface area contributed by atoms with Gasteiger partial charge in [-0.15, -0.1) is 0 Å². The Morgan fingerprint density at radius 1 is 1.43 bits per heavy atom. The first-order valence-electron chi connectivity index (χ1n) is 3.99. The van der Waals surface area contributed by atoms with Gasteiger partial charge in [0.05, 0.1) is 23.8 Å². The van der Waals surface area contributed by atoms with E-state index in [2.05, 4.69) is 9.97 Å². The molecule has 4 heteroatoms. The fraction of sp³-hybridized carbons (Fsp3) is 0. The minimum absolute atomic E-state index is 0.0493. The average Bonchev–Trinajstić information content (AvgIpc) is 2.70. The van der Waals surface area contributed by atoms with Gasteiger partial charge in [0, 0.05) is 5.56 Å². The molecule has 2 aromatic rings. The van der Waals surface area contributed by atoms with E-state index in [9.17, 15) is 4.39 Å². The number of nitrogens with zero attached hydrogens (tertiary/aromatic N) is 2. The predicted octanol–water partition coefficient (Wildman–Crippen LogP) is 2.09. The summed E-state index contributed by atoms with van der Waals surface area (Å²) in [5, 5.41) is 8.53. The van der Waals surface area contributed by atoms with Gasteiger partial charge in [0.25, 0.3) is 0 Å². The summed E-state index contributed by atoms with van der Waals surface area (Å²) in [5.41, 5.74) is 1.46. The fourth-order valence-electron chi connectivity index (χ4n) is 1.19. The van der Waals surface area contributed by atoms with Gasteiger partial charge in [-0.2, -0.15) is 5.26 Å². The smallest absolute Gasteiger partial charge is 0.141 e. The molecule has 3 nitrogen and oxygen atoms in total. The van der Waals surface area contributed by atoms with Crippen molar-refractivity contribution in [2.75, 3.05) is 0 Å². The molecule has 0 saturated heterocycles. The second kappa shape index (κ2) is 3.30. The molecular formula is C10H6FN3. The highest BCUT2D eigenvalue weighted by Gasteiger charge is 2.04. The maximum absolute atomic E-state index is 13.2. The largest absolute Gasteiger partial charge is 0.345 e. The fourth-order valence-corrected chi connectivity index (χ4v) is 1.19. The summed E-state index contributed by atoms with van der Waals surface area (Å²) < 4.78 is 13.2. The van der Waals surface area contributed by atoms with E-state index < -0.39 is 5.82 Å².